The van der Waals surface area contributed by atoms with Crippen LogP contribution in [0.1, 0.15) is 35.6 Å². The number of esters is 2. The van der Waals surface area contributed by atoms with Crippen molar-refractivity contribution >= 4 is 38.7 Å². The number of nitrogens with one attached hydrogen (secondary N) is 1. The van der Waals surface area contributed by atoms with Crippen LogP contribution >= 0.6 is 0 Å². The van der Waals surface area contributed by atoms with Gasteiger partial charge in [0.15, 0.2) is 0 Å². The highest BCUT2D eigenvalue weighted by Crippen LogP contribution is 2.41. The van der Waals surface area contributed by atoms with E-state index in [0.717, 1.165) is 22.7 Å². The number of pyridine rings is 2. The zero-order valence-electron chi connectivity index (χ0n) is 24.8. The number of methoxy groups -OCH3 is 1. The molecule has 4 aromatic rings. The molecule has 0 saturated heterocycles. The summed E-state index contributed by atoms with van der Waals surface area (Å²) < 4.78 is 44.4. The van der Waals surface area contributed by atoms with Crippen molar-refractivity contribution in [2.24, 2.45) is 4.99 Å². The first-order valence-electron chi connectivity index (χ1n) is 14.2. The smallest absolute Gasteiger partial charge is 0.355 e. The number of sulfonamides is 1. The number of aromatic nitrogens is 2. The maximum absolute atomic E-state index is 13.7. The fourth-order valence-corrected chi connectivity index (χ4v) is 6.31. The fourth-order valence-electron chi connectivity index (χ4n) is 5.74. The zero-order chi connectivity index (χ0) is 31.9. The number of ether oxygens (including phenoxy) is 3. The van der Waals surface area contributed by atoms with Crippen LogP contribution in [0.2, 0.25) is 0 Å². The number of carbonyl (C=O) groups is 2. The molecule has 1 N–H and O–H groups in total. The fraction of sp³-hybridized carbons (Fsp3) is 0.281. The molecule has 0 saturated carbocycles. The Morgan fingerprint density at radius 3 is 2.60 bits per heavy atom. The molecule has 0 aliphatic carbocycles. The molecule has 0 fully saturated rings. The topological polar surface area (TPSA) is 155 Å². The third-order valence-corrected chi connectivity index (χ3v) is 8.51. The molecular formula is C32H30N4O8S. The quantitative estimate of drug-likeness (QED) is 0.155. The van der Waals surface area contributed by atoms with E-state index in [4.69, 9.17) is 19.2 Å². The van der Waals surface area contributed by atoms with E-state index in [-0.39, 0.29) is 42.0 Å². The van der Waals surface area contributed by atoms with Crippen LogP contribution in [0.5, 0.6) is 5.75 Å². The number of aliphatic imine (C=N–C) groups is 1. The second kappa shape index (κ2) is 11.5. The second-order valence-electron chi connectivity index (χ2n) is 10.9. The summed E-state index contributed by atoms with van der Waals surface area (Å²) in [7, 11) is -2.19. The van der Waals surface area contributed by atoms with Crippen LogP contribution in [0.25, 0.3) is 22.3 Å². The Bertz CT molecular complexity index is 2050. The van der Waals surface area contributed by atoms with Crippen molar-refractivity contribution < 1.29 is 32.2 Å². The van der Waals surface area contributed by atoms with Gasteiger partial charge in [-0.2, -0.15) is 0 Å². The predicted molar refractivity (Wildman–Crippen MR) is 165 cm³/mol. The molecule has 2 aromatic heterocycles. The van der Waals surface area contributed by atoms with Crippen molar-refractivity contribution in [1.82, 2.24) is 14.3 Å². The van der Waals surface area contributed by atoms with E-state index in [1.807, 2.05) is 30.3 Å². The van der Waals surface area contributed by atoms with Crippen molar-refractivity contribution in [2.75, 3.05) is 19.9 Å². The summed E-state index contributed by atoms with van der Waals surface area (Å²) in [4.78, 5) is 49.3. The number of amidine groups is 1. The van der Waals surface area contributed by atoms with Gasteiger partial charge in [0.1, 0.15) is 24.7 Å². The highest BCUT2D eigenvalue weighted by atomic mass is 32.2. The van der Waals surface area contributed by atoms with Gasteiger partial charge in [0.25, 0.3) is 5.56 Å². The van der Waals surface area contributed by atoms with Gasteiger partial charge >= 0.3 is 11.9 Å². The lowest BCUT2D eigenvalue weighted by atomic mass is 9.85. The van der Waals surface area contributed by atoms with E-state index in [1.165, 1.54) is 7.11 Å². The van der Waals surface area contributed by atoms with Crippen LogP contribution < -0.4 is 15.0 Å². The van der Waals surface area contributed by atoms with Crippen molar-refractivity contribution in [1.29, 1.82) is 0 Å². The highest BCUT2D eigenvalue weighted by Gasteiger charge is 2.50. The Hall–Kier alpha value is -5.04. The normalized spacial score (nSPS) is 17.2. The average molecular weight is 631 g/mol. The molecule has 1 atom stereocenters. The van der Waals surface area contributed by atoms with E-state index >= 15 is 0 Å². The van der Waals surface area contributed by atoms with E-state index in [9.17, 15) is 22.8 Å². The number of fused-ring (bicyclic) bond motifs is 5. The van der Waals surface area contributed by atoms with Gasteiger partial charge in [-0.05, 0) is 42.3 Å². The van der Waals surface area contributed by atoms with E-state index < -0.39 is 34.1 Å². The second-order valence-corrected chi connectivity index (χ2v) is 12.6. The standard InChI is InChI=1S/C32H30N4O8S/c1-4-32(44-28(37)16-33-27(35-45(3,40)41)13-19-9-11-22(42-2)12-10-19)24-15-26-29-21(14-20-7-5-6-8-25(20)34-29)17-36(26)30(38)23(24)18-43-31(32)39/h5-12,14-15H,4,13,16-18H2,1-3H3,(H,33,35)/t32-/m0/s1. The van der Waals surface area contributed by atoms with Gasteiger partial charge in [0.2, 0.25) is 15.6 Å². The third kappa shape index (κ3) is 5.66. The minimum absolute atomic E-state index is 0.00255. The molecule has 0 radical (unpaired) electrons. The number of hydrogen-bond donors (Lipinski definition) is 1. The summed E-state index contributed by atoms with van der Waals surface area (Å²) in [5.41, 5.74) is 1.65. The maximum Gasteiger partial charge on any atom is 0.355 e. The van der Waals surface area contributed by atoms with Crippen LogP contribution in [-0.2, 0) is 54.3 Å². The molecular weight excluding hydrogens is 600 g/mol. The number of benzene rings is 2. The van der Waals surface area contributed by atoms with Crippen molar-refractivity contribution in [3.05, 3.63) is 93.3 Å². The monoisotopic (exact) mass is 630 g/mol. The molecule has 4 heterocycles. The molecule has 0 amide bonds. The van der Waals surface area contributed by atoms with Crippen molar-refractivity contribution in [3.8, 4) is 17.1 Å². The molecule has 6 rings (SSSR count). The van der Waals surface area contributed by atoms with Crippen LogP contribution in [0.15, 0.2) is 70.5 Å². The number of carbonyl (C=O) groups excluding carboxylic acids is 2. The first-order chi connectivity index (χ1) is 21.5. The number of hydrogen-bond acceptors (Lipinski definition) is 10. The largest absolute Gasteiger partial charge is 0.497 e. The number of rotatable bonds is 8. The summed E-state index contributed by atoms with van der Waals surface area (Å²) in [6.45, 7) is 1.09. The van der Waals surface area contributed by atoms with Crippen LogP contribution in [0.3, 0.4) is 0 Å². The van der Waals surface area contributed by atoms with Crippen LogP contribution in [0, 0.1) is 0 Å². The lowest BCUT2D eigenvalue weighted by Crippen LogP contribution is -2.47. The summed E-state index contributed by atoms with van der Waals surface area (Å²) in [6.07, 6.45) is 1.02. The summed E-state index contributed by atoms with van der Waals surface area (Å²) >= 11 is 0. The Morgan fingerprint density at radius 1 is 1.13 bits per heavy atom. The van der Waals surface area contributed by atoms with E-state index in [2.05, 4.69) is 9.71 Å². The third-order valence-electron chi connectivity index (χ3n) is 7.91. The zero-order valence-corrected chi connectivity index (χ0v) is 25.6. The minimum atomic E-state index is -3.72. The maximum atomic E-state index is 13.7. The van der Waals surface area contributed by atoms with Crippen molar-refractivity contribution in [3.63, 3.8) is 0 Å². The SMILES string of the molecule is CC[C@@]1(OC(=O)CN=C(Cc2ccc(OC)cc2)NS(C)(=O)=O)C(=O)OCc2c1cc1n(c2=O)Cc2cc3ccccc3nc2-1. The molecule has 2 aliphatic rings. The van der Waals surface area contributed by atoms with Gasteiger partial charge in [0, 0.05) is 22.9 Å². The summed E-state index contributed by atoms with van der Waals surface area (Å²) in [5, 5.41) is 0.939. The van der Waals surface area contributed by atoms with Crippen LogP contribution in [-0.4, -0.2) is 55.7 Å². The summed E-state index contributed by atoms with van der Waals surface area (Å²) in [6, 6.07) is 18.2. The average Bonchev–Trinajstić information content (AvgIpc) is 3.37. The molecule has 0 unspecified atom stereocenters. The molecule has 232 valence electrons. The van der Waals surface area contributed by atoms with Gasteiger partial charge in [-0.3, -0.25) is 14.5 Å². The first-order valence-corrected chi connectivity index (χ1v) is 16.1. The molecule has 12 nitrogen and oxygen atoms in total. The van der Waals surface area contributed by atoms with Gasteiger partial charge in [-0.15, -0.1) is 0 Å². The molecule has 0 bridgehead atoms. The highest BCUT2D eigenvalue weighted by molar-refractivity contribution is 7.89. The van der Waals surface area contributed by atoms with Crippen LogP contribution in [0.4, 0.5) is 0 Å². The van der Waals surface area contributed by atoms with E-state index in [1.54, 1.807) is 41.8 Å². The Balaban J connectivity index is 1.33. The Morgan fingerprint density at radius 2 is 1.89 bits per heavy atom. The van der Waals surface area contributed by atoms with Gasteiger partial charge in [-0.1, -0.05) is 37.3 Å². The van der Waals surface area contributed by atoms with E-state index in [0.29, 0.717) is 29.2 Å². The number of nitrogens with zero attached hydrogens (tertiary/aromatic N) is 3. The molecule has 0 spiro atoms. The molecule has 2 aliphatic heterocycles. The van der Waals surface area contributed by atoms with Gasteiger partial charge < -0.3 is 18.8 Å². The first kappa shape index (κ1) is 30.0. The Labute approximate surface area is 258 Å². The molecule has 13 heteroatoms. The Kier molecular flexibility index (Phi) is 7.65. The minimum Gasteiger partial charge on any atom is -0.497 e. The van der Waals surface area contributed by atoms with Gasteiger partial charge in [0.05, 0.1) is 42.4 Å². The predicted octanol–water partition coefficient (Wildman–Crippen LogP) is 2.83. The number of cyclic esters (lactones) is 1. The lowest BCUT2D eigenvalue weighted by molar-refractivity contribution is -0.188. The molecule has 45 heavy (non-hydrogen) atoms. The number of para-hydroxylation sites is 1. The van der Waals surface area contributed by atoms with Gasteiger partial charge in [-0.25, -0.2) is 23.0 Å². The van der Waals surface area contributed by atoms with Crippen molar-refractivity contribution in [2.45, 2.75) is 38.5 Å². The lowest BCUT2D eigenvalue weighted by Gasteiger charge is -2.35. The molecule has 2 aromatic carbocycles. The summed E-state index contributed by atoms with van der Waals surface area (Å²) in [5.74, 6) is -1.09.